The Labute approximate surface area is 237 Å². The molecule has 1 aromatic rings. The zero-order valence-corrected chi connectivity index (χ0v) is 23.8. The van der Waals surface area contributed by atoms with E-state index in [4.69, 9.17) is 4.74 Å². The van der Waals surface area contributed by atoms with Crippen LogP contribution in [0.4, 0.5) is 0 Å². The number of carboxylic acids is 1. The van der Waals surface area contributed by atoms with Gasteiger partial charge in [-0.1, -0.05) is 49.8 Å². The van der Waals surface area contributed by atoms with E-state index in [1.807, 2.05) is 36.4 Å². The lowest BCUT2D eigenvalue weighted by Gasteiger charge is -2.57. The number of ether oxygens (including phenoxy) is 1. The van der Waals surface area contributed by atoms with Gasteiger partial charge in [0, 0.05) is 30.7 Å². The first-order valence-corrected chi connectivity index (χ1v) is 15.1. The summed E-state index contributed by atoms with van der Waals surface area (Å²) in [6.45, 7) is 4.89. The highest BCUT2D eigenvalue weighted by Gasteiger charge is 2.59. The molecule has 1 aromatic carbocycles. The van der Waals surface area contributed by atoms with Crippen molar-refractivity contribution in [3.8, 4) is 0 Å². The SMILES string of the molecule is C[C@]12CC[C@@H]3[C@@H](CCC4=CC(=O)CC[C@@]43C)[C@@H]1CC[C@H]2OC(=O)CCC(=O)NC[C@@H](CC(=O)O)c1ccccc1. The number of carbonyl (C=O) groups excluding carboxylic acids is 3. The molecule has 1 amide bonds. The summed E-state index contributed by atoms with van der Waals surface area (Å²) in [5.41, 5.74) is 2.32. The van der Waals surface area contributed by atoms with E-state index in [0.717, 1.165) is 50.5 Å². The highest BCUT2D eigenvalue weighted by Crippen LogP contribution is 2.65. The van der Waals surface area contributed by atoms with Crippen LogP contribution in [0.1, 0.15) is 96.0 Å². The second-order valence-electron chi connectivity index (χ2n) is 13.1. The molecule has 0 bridgehead atoms. The Morgan fingerprint density at radius 1 is 1.00 bits per heavy atom. The largest absolute Gasteiger partial charge is 0.481 e. The quantitative estimate of drug-likeness (QED) is 0.389. The smallest absolute Gasteiger partial charge is 0.306 e. The van der Waals surface area contributed by atoms with E-state index >= 15 is 0 Å². The average molecular weight is 550 g/mol. The molecule has 7 heteroatoms. The molecule has 40 heavy (non-hydrogen) atoms. The maximum absolute atomic E-state index is 12.9. The van der Waals surface area contributed by atoms with Gasteiger partial charge in [-0.15, -0.1) is 0 Å². The Morgan fingerprint density at radius 3 is 2.52 bits per heavy atom. The fourth-order valence-electron chi connectivity index (χ4n) is 8.71. The molecule has 216 valence electrons. The third-order valence-corrected chi connectivity index (χ3v) is 10.9. The Hall–Kier alpha value is -2.96. The number of carbonyl (C=O) groups is 4. The topological polar surface area (TPSA) is 110 Å². The minimum atomic E-state index is -0.919. The molecule has 3 saturated carbocycles. The number of rotatable bonds is 9. The summed E-state index contributed by atoms with van der Waals surface area (Å²) in [5, 5.41) is 12.1. The third-order valence-electron chi connectivity index (χ3n) is 10.9. The van der Waals surface area contributed by atoms with Crippen molar-refractivity contribution in [1.29, 1.82) is 0 Å². The van der Waals surface area contributed by atoms with Gasteiger partial charge in [-0.2, -0.15) is 0 Å². The minimum absolute atomic E-state index is 0.0182. The van der Waals surface area contributed by atoms with Crippen LogP contribution in [0.15, 0.2) is 42.0 Å². The number of esters is 1. The van der Waals surface area contributed by atoms with Crippen LogP contribution >= 0.6 is 0 Å². The summed E-state index contributed by atoms with van der Waals surface area (Å²) in [4.78, 5) is 48.8. The molecule has 2 N–H and O–H groups in total. The van der Waals surface area contributed by atoms with Crippen molar-refractivity contribution in [2.45, 2.75) is 96.5 Å². The van der Waals surface area contributed by atoms with Crippen LogP contribution in [-0.4, -0.2) is 41.4 Å². The zero-order chi connectivity index (χ0) is 28.5. The van der Waals surface area contributed by atoms with E-state index in [-0.39, 0.29) is 66.3 Å². The molecule has 0 spiro atoms. The number of benzene rings is 1. The van der Waals surface area contributed by atoms with Crippen molar-refractivity contribution in [2.24, 2.45) is 28.6 Å². The monoisotopic (exact) mass is 549 g/mol. The fourth-order valence-corrected chi connectivity index (χ4v) is 8.71. The molecule has 5 rings (SSSR count). The number of amides is 1. The molecule has 0 radical (unpaired) electrons. The van der Waals surface area contributed by atoms with Gasteiger partial charge in [0.15, 0.2) is 5.78 Å². The molecule has 0 heterocycles. The van der Waals surface area contributed by atoms with Crippen LogP contribution in [0, 0.1) is 28.6 Å². The summed E-state index contributed by atoms with van der Waals surface area (Å²) in [7, 11) is 0. The molecule has 7 atom stereocenters. The highest BCUT2D eigenvalue weighted by atomic mass is 16.5. The van der Waals surface area contributed by atoms with E-state index in [1.165, 1.54) is 5.57 Å². The van der Waals surface area contributed by atoms with E-state index in [0.29, 0.717) is 24.2 Å². The molecular weight excluding hydrogens is 506 g/mol. The number of allylic oxidation sites excluding steroid dienone is 1. The van der Waals surface area contributed by atoms with Gasteiger partial charge in [-0.05, 0) is 79.8 Å². The van der Waals surface area contributed by atoms with Crippen molar-refractivity contribution in [1.82, 2.24) is 5.32 Å². The van der Waals surface area contributed by atoms with Crippen molar-refractivity contribution >= 4 is 23.6 Å². The molecule has 0 saturated heterocycles. The summed E-state index contributed by atoms with van der Waals surface area (Å²) in [6.07, 6.45) is 9.60. The summed E-state index contributed by atoms with van der Waals surface area (Å²) in [5.74, 6) is 0.145. The Bertz CT molecular complexity index is 1180. The zero-order valence-electron chi connectivity index (χ0n) is 23.8. The summed E-state index contributed by atoms with van der Waals surface area (Å²) >= 11 is 0. The lowest BCUT2D eigenvalue weighted by molar-refractivity contribution is -0.160. The Morgan fingerprint density at radius 2 is 1.77 bits per heavy atom. The first-order chi connectivity index (χ1) is 19.1. The van der Waals surface area contributed by atoms with Crippen LogP contribution in [-0.2, 0) is 23.9 Å². The number of ketones is 1. The fraction of sp³-hybridized carbons (Fsp3) is 0.636. The van der Waals surface area contributed by atoms with E-state index < -0.39 is 5.97 Å². The molecule has 3 fully saturated rings. The predicted octanol–water partition coefficient (Wildman–Crippen LogP) is 5.59. The normalized spacial score (nSPS) is 33.5. The van der Waals surface area contributed by atoms with Gasteiger partial charge in [0.1, 0.15) is 6.10 Å². The summed E-state index contributed by atoms with van der Waals surface area (Å²) in [6, 6.07) is 9.29. The van der Waals surface area contributed by atoms with Crippen LogP contribution in [0.25, 0.3) is 0 Å². The van der Waals surface area contributed by atoms with Crippen LogP contribution in [0.2, 0.25) is 0 Å². The summed E-state index contributed by atoms with van der Waals surface area (Å²) < 4.78 is 6.05. The van der Waals surface area contributed by atoms with Gasteiger partial charge in [0.25, 0.3) is 0 Å². The molecule has 7 nitrogen and oxygen atoms in total. The van der Waals surface area contributed by atoms with E-state index in [2.05, 4.69) is 19.2 Å². The average Bonchev–Trinajstić information content (AvgIpc) is 3.26. The maximum Gasteiger partial charge on any atom is 0.306 e. The van der Waals surface area contributed by atoms with Crippen LogP contribution < -0.4 is 5.32 Å². The molecule has 4 aliphatic rings. The maximum atomic E-state index is 12.9. The lowest BCUT2D eigenvalue weighted by atomic mass is 9.47. The van der Waals surface area contributed by atoms with E-state index in [9.17, 15) is 24.3 Å². The molecule has 4 aliphatic carbocycles. The Balaban J connectivity index is 1.13. The minimum Gasteiger partial charge on any atom is -0.481 e. The number of hydrogen-bond acceptors (Lipinski definition) is 5. The molecular formula is C33H43NO6. The predicted molar refractivity (Wildman–Crippen MR) is 150 cm³/mol. The highest BCUT2D eigenvalue weighted by molar-refractivity contribution is 5.91. The van der Waals surface area contributed by atoms with Gasteiger partial charge >= 0.3 is 11.9 Å². The third kappa shape index (κ3) is 5.61. The standard InChI is InChI=1S/C33H43NO6/c1-32-16-14-24(35)19-23(32)8-9-25-26-10-11-28(33(26,2)17-15-27(25)32)40-31(39)13-12-29(36)34-20-22(18-30(37)38)21-6-4-3-5-7-21/h3-7,19,22,25-28H,8-18,20H2,1-2H3,(H,34,36)(H,37,38)/t22-,25+,26+,27-,28-,32+,33+/m1/s1. The van der Waals surface area contributed by atoms with Crippen LogP contribution in [0.5, 0.6) is 0 Å². The van der Waals surface area contributed by atoms with Gasteiger partial charge < -0.3 is 15.2 Å². The van der Waals surface area contributed by atoms with E-state index in [1.54, 1.807) is 0 Å². The lowest BCUT2D eigenvalue weighted by Crippen LogP contribution is -2.51. The Kier molecular flexibility index (Phi) is 8.21. The molecule has 0 unspecified atom stereocenters. The molecule has 0 aromatic heterocycles. The van der Waals surface area contributed by atoms with Crippen molar-refractivity contribution < 1.29 is 29.0 Å². The van der Waals surface area contributed by atoms with Crippen LogP contribution in [0.3, 0.4) is 0 Å². The van der Waals surface area contributed by atoms with Gasteiger partial charge in [0.2, 0.25) is 5.91 Å². The second kappa shape index (κ2) is 11.5. The van der Waals surface area contributed by atoms with Crippen molar-refractivity contribution in [3.05, 3.63) is 47.5 Å². The van der Waals surface area contributed by atoms with Gasteiger partial charge in [-0.3, -0.25) is 19.2 Å². The molecule has 0 aliphatic heterocycles. The van der Waals surface area contributed by atoms with Crippen molar-refractivity contribution in [2.75, 3.05) is 6.54 Å². The van der Waals surface area contributed by atoms with Gasteiger partial charge in [0.05, 0.1) is 12.8 Å². The second-order valence-corrected chi connectivity index (χ2v) is 13.1. The number of carboxylic acid groups (broad SMARTS) is 1. The van der Waals surface area contributed by atoms with Crippen molar-refractivity contribution in [3.63, 3.8) is 0 Å². The number of nitrogens with one attached hydrogen (secondary N) is 1. The number of hydrogen-bond donors (Lipinski definition) is 2. The number of aliphatic carboxylic acids is 1. The number of fused-ring (bicyclic) bond motifs is 5. The van der Waals surface area contributed by atoms with Gasteiger partial charge in [-0.25, -0.2) is 0 Å². The first kappa shape index (κ1) is 28.6. The first-order valence-electron chi connectivity index (χ1n) is 15.1.